The Labute approximate surface area is 185 Å². The molecule has 31 heavy (non-hydrogen) atoms. The smallest absolute Gasteiger partial charge is 0.326 e. The molecule has 0 saturated heterocycles. The lowest BCUT2D eigenvalue weighted by Crippen LogP contribution is -2.44. The number of nitrogens with zero attached hydrogens (tertiary/aromatic N) is 2. The third-order valence-electron chi connectivity index (χ3n) is 3.36. The van der Waals surface area contributed by atoms with Crippen molar-refractivity contribution in [1.82, 2.24) is 15.3 Å². The molecule has 1 heterocycles. The van der Waals surface area contributed by atoms with E-state index in [2.05, 4.69) is 9.97 Å². The van der Waals surface area contributed by atoms with Crippen molar-refractivity contribution >= 4 is 47.2 Å². The Hall–Kier alpha value is -3.22. The van der Waals surface area contributed by atoms with Crippen molar-refractivity contribution in [2.75, 3.05) is 12.3 Å². The van der Waals surface area contributed by atoms with E-state index in [1.807, 2.05) is 17.4 Å². The molecular weight excluding hydrogens is 452 g/mol. The number of rotatable bonds is 9. The van der Waals surface area contributed by atoms with E-state index in [1.165, 1.54) is 18.1 Å². The van der Waals surface area contributed by atoms with Gasteiger partial charge in [0.25, 0.3) is 0 Å². The minimum Gasteiger partial charge on any atom is -0.481 e. The van der Waals surface area contributed by atoms with Crippen molar-refractivity contribution in [2.24, 2.45) is 5.73 Å². The summed E-state index contributed by atoms with van der Waals surface area (Å²) in [4.78, 5) is 49.8. The average Bonchev–Trinajstić information content (AvgIpc) is 2.72. The summed E-state index contributed by atoms with van der Waals surface area (Å²) >= 11 is 7.00. The maximum atomic E-state index is 10.6. The number of hydrogen-bond donors (Lipinski definition) is 5. The molecule has 0 unspecified atom stereocenters. The number of aromatic nitrogens is 2. The quantitative estimate of drug-likeness (QED) is 0.259. The molecule has 1 aromatic heterocycles. The number of thioether (sulfide) groups is 1. The SMILES string of the molecule is NCC(=O)N[C@H](CC(=O)O)C(=O)O.O=C(O)CSc1ncncc1-c1ccc(Cl)cc1. The number of aliphatic carboxylic acids is 3. The van der Waals surface area contributed by atoms with Gasteiger partial charge in [-0.15, -0.1) is 0 Å². The van der Waals surface area contributed by atoms with Gasteiger partial charge in [-0.2, -0.15) is 0 Å². The molecule has 13 heteroatoms. The van der Waals surface area contributed by atoms with Gasteiger partial charge < -0.3 is 26.4 Å². The van der Waals surface area contributed by atoms with E-state index in [4.69, 9.17) is 32.7 Å². The van der Waals surface area contributed by atoms with Crippen LogP contribution in [0, 0.1) is 0 Å². The summed E-state index contributed by atoms with van der Waals surface area (Å²) in [6.45, 7) is -0.372. The molecule has 6 N–H and O–H groups in total. The molecular formula is C18H19ClN4O7S. The predicted molar refractivity (Wildman–Crippen MR) is 112 cm³/mol. The van der Waals surface area contributed by atoms with Crippen LogP contribution in [0.1, 0.15) is 6.42 Å². The van der Waals surface area contributed by atoms with Crippen molar-refractivity contribution in [2.45, 2.75) is 17.5 Å². The standard InChI is InChI=1S/C12H9ClN2O2S.C6H10N2O5/c13-9-3-1-8(2-4-9)10-5-14-7-15-12(10)18-6-11(16)17;7-2-4(9)8-3(6(12)13)1-5(10)11/h1-5,7H,6H2,(H,16,17);3H,1-2,7H2,(H,8,9)(H,10,11)(H,12,13)/t;3-/m.1/s1. The highest BCUT2D eigenvalue weighted by Gasteiger charge is 2.22. The zero-order valence-corrected chi connectivity index (χ0v) is 17.5. The molecule has 0 bridgehead atoms. The molecule has 0 aliphatic rings. The predicted octanol–water partition coefficient (Wildman–Crippen LogP) is 0.963. The number of carbonyl (C=O) groups is 4. The molecule has 0 aliphatic carbocycles. The zero-order chi connectivity index (χ0) is 23.4. The summed E-state index contributed by atoms with van der Waals surface area (Å²) in [5.74, 6) is -4.30. The van der Waals surface area contributed by atoms with Crippen LogP contribution in [0.4, 0.5) is 0 Å². The number of carboxylic acids is 3. The first-order chi connectivity index (χ1) is 14.6. The number of benzene rings is 1. The zero-order valence-electron chi connectivity index (χ0n) is 15.9. The van der Waals surface area contributed by atoms with Gasteiger partial charge in [-0.05, 0) is 17.7 Å². The Morgan fingerprint density at radius 2 is 1.74 bits per heavy atom. The first-order valence-electron chi connectivity index (χ1n) is 8.48. The largest absolute Gasteiger partial charge is 0.481 e. The molecule has 166 valence electrons. The van der Waals surface area contributed by atoms with Gasteiger partial charge in [0.15, 0.2) is 0 Å². The Balaban J connectivity index is 0.000000330. The highest BCUT2D eigenvalue weighted by Crippen LogP contribution is 2.29. The van der Waals surface area contributed by atoms with Crippen molar-refractivity contribution in [3.63, 3.8) is 0 Å². The van der Waals surface area contributed by atoms with Gasteiger partial charge in [-0.25, -0.2) is 14.8 Å². The normalized spacial score (nSPS) is 10.9. The summed E-state index contributed by atoms with van der Waals surface area (Å²) in [5.41, 5.74) is 6.61. The maximum Gasteiger partial charge on any atom is 0.326 e. The van der Waals surface area contributed by atoms with E-state index in [0.717, 1.165) is 11.1 Å². The van der Waals surface area contributed by atoms with Crippen LogP contribution >= 0.6 is 23.4 Å². The molecule has 0 saturated carbocycles. The topological polar surface area (TPSA) is 193 Å². The third kappa shape index (κ3) is 9.89. The summed E-state index contributed by atoms with van der Waals surface area (Å²) in [6, 6.07) is 5.83. The molecule has 2 rings (SSSR count). The number of hydrogen-bond acceptors (Lipinski definition) is 8. The molecule has 0 aliphatic heterocycles. The van der Waals surface area contributed by atoms with Crippen LogP contribution in [-0.4, -0.2) is 67.4 Å². The molecule has 0 fully saturated rings. The number of amides is 1. The molecule has 0 spiro atoms. The second-order valence-corrected chi connectivity index (χ2v) is 7.09. The fourth-order valence-corrected chi connectivity index (χ4v) is 2.85. The minimum atomic E-state index is -1.42. The van der Waals surface area contributed by atoms with Crippen LogP contribution in [0.3, 0.4) is 0 Å². The van der Waals surface area contributed by atoms with Crippen LogP contribution in [0.2, 0.25) is 5.02 Å². The van der Waals surface area contributed by atoms with Crippen LogP contribution in [0.25, 0.3) is 11.1 Å². The monoisotopic (exact) mass is 470 g/mol. The minimum absolute atomic E-state index is 0.0302. The van der Waals surface area contributed by atoms with E-state index >= 15 is 0 Å². The van der Waals surface area contributed by atoms with Gasteiger partial charge in [0.1, 0.15) is 17.4 Å². The highest BCUT2D eigenvalue weighted by atomic mass is 35.5. The lowest BCUT2D eigenvalue weighted by molar-refractivity contribution is -0.147. The number of carboxylic acid groups (broad SMARTS) is 3. The third-order valence-corrected chi connectivity index (χ3v) is 4.60. The fraction of sp³-hybridized carbons (Fsp3) is 0.222. The number of carbonyl (C=O) groups excluding carboxylic acids is 1. The van der Waals surface area contributed by atoms with Crippen LogP contribution < -0.4 is 11.1 Å². The first kappa shape index (κ1) is 25.8. The fourth-order valence-electron chi connectivity index (χ4n) is 2.02. The van der Waals surface area contributed by atoms with Crippen molar-refractivity contribution in [3.05, 3.63) is 41.8 Å². The molecule has 0 radical (unpaired) electrons. The molecule has 1 aromatic carbocycles. The summed E-state index contributed by atoms with van der Waals surface area (Å²) in [6.07, 6.45) is 2.41. The highest BCUT2D eigenvalue weighted by molar-refractivity contribution is 8.00. The summed E-state index contributed by atoms with van der Waals surface area (Å²) in [7, 11) is 0. The van der Waals surface area contributed by atoms with Crippen molar-refractivity contribution in [3.8, 4) is 11.1 Å². The number of nitrogens with two attached hydrogens (primary N) is 1. The van der Waals surface area contributed by atoms with Gasteiger partial charge in [-0.3, -0.25) is 14.4 Å². The van der Waals surface area contributed by atoms with Gasteiger partial charge >= 0.3 is 17.9 Å². The van der Waals surface area contributed by atoms with E-state index in [0.29, 0.717) is 10.0 Å². The summed E-state index contributed by atoms with van der Waals surface area (Å²) in [5, 5.41) is 28.7. The average molecular weight is 471 g/mol. The molecule has 2 aromatic rings. The second-order valence-electron chi connectivity index (χ2n) is 5.69. The Morgan fingerprint density at radius 3 is 2.26 bits per heavy atom. The lowest BCUT2D eigenvalue weighted by atomic mass is 10.1. The number of halogens is 1. The Bertz CT molecular complexity index is 927. The first-order valence-corrected chi connectivity index (χ1v) is 9.85. The maximum absolute atomic E-state index is 10.6. The number of nitrogens with one attached hydrogen (secondary N) is 1. The van der Waals surface area contributed by atoms with E-state index in [9.17, 15) is 19.2 Å². The Morgan fingerprint density at radius 1 is 1.10 bits per heavy atom. The van der Waals surface area contributed by atoms with Crippen molar-refractivity contribution in [1.29, 1.82) is 0 Å². The second kappa shape index (κ2) is 13.2. The van der Waals surface area contributed by atoms with E-state index in [1.54, 1.807) is 18.3 Å². The van der Waals surface area contributed by atoms with Gasteiger partial charge in [-0.1, -0.05) is 35.5 Å². The van der Waals surface area contributed by atoms with Crippen LogP contribution in [0.15, 0.2) is 41.8 Å². The van der Waals surface area contributed by atoms with Gasteiger partial charge in [0.2, 0.25) is 5.91 Å². The molecule has 1 amide bonds. The van der Waals surface area contributed by atoms with E-state index in [-0.39, 0.29) is 12.3 Å². The molecule has 11 nitrogen and oxygen atoms in total. The lowest BCUT2D eigenvalue weighted by Gasteiger charge is -2.10. The van der Waals surface area contributed by atoms with Crippen molar-refractivity contribution < 1.29 is 34.5 Å². The summed E-state index contributed by atoms with van der Waals surface area (Å²) < 4.78 is 0. The van der Waals surface area contributed by atoms with Gasteiger partial charge in [0.05, 0.1) is 18.7 Å². The van der Waals surface area contributed by atoms with Gasteiger partial charge in [0, 0.05) is 16.8 Å². The van der Waals surface area contributed by atoms with Crippen LogP contribution in [0.5, 0.6) is 0 Å². The van der Waals surface area contributed by atoms with E-state index < -0.39 is 36.3 Å². The Kier molecular flexibility index (Phi) is 11.0. The molecule has 1 atom stereocenters. The van der Waals surface area contributed by atoms with Crippen LogP contribution in [-0.2, 0) is 19.2 Å².